The molecule has 0 unspecified atom stereocenters. The minimum absolute atomic E-state index is 0.112. The summed E-state index contributed by atoms with van der Waals surface area (Å²) in [5.41, 5.74) is 1.06. The molecule has 3 rings (SSSR count). The van der Waals surface area contributed by atoms with E-state index in [0.29, 0.717) is 11.0 Å². The highest BCUT2D eigenvalue weighted by Gasteiger charge is 2.13. The molecule has 3 aromatic rings. The lowest BCUT2D eigenvalue weighted by Crippen LogP contribution is -1.84. The topological polar surface area (TPSA) is 109 Å². The highest BCUT2D eigenvalue weighted by molar-refractivity contribution is 5.89. The Kier molecular flexibility index (Phi) is 3.16. The maximum atomic E-state index is 13.1. The summed E-state index contributed by atoms with van der Waals surface area (Å²) in [5.74, 6) is -0.473. The number of nitriles is 1. The van der Waals surface area contributed by atoms with E-state index < -0.39 is 16.6 Å². The van der Waals surface area contributed by atoms with Crippen molar-refractivity contribution in [2.24, 2.45) is 0 Å². The van der Waals surface area contributed by atoms with Crippen LogP contribution in [0.1, 0.15) is 11.6 Å². The highest BCUT2D eigenvalue weighted by Crippen LogP contribution is 2.22. The van der Waals surface area contributed by atoms with Gasteiger partial charge in [0, 0.05) is 6.08 Å². The average Bonchev–Trinajstić information content (AvgIpc) is 3.10. The minimum atomic E-state index is -0.673. The monoisotopic (exact) mass is 298 g/mol. The predicted octanol–water partition coefficient (Wildman–Crippen LogP) is 3.27. The van der Waals surface area contributed by atoms with Crippen LogP contribution in [0.5, 0.6) is 0 Å². The molecule has 0 saturated heterocycles. The highest BCUT2D eigenvalue weighted by atomic mass is 19.1. The summed E-state index contributed by atoms with van der Waals surface area (Å²) in [4.78, 5) is 16.9. The van der Waals surface area contributed by atoms with Crippen LogP contribution in [-0.4, -0.2) is 14.9 Å². The summed E-state index contributed by atoms with van der Waals surface area (Å²) in [6.45, 7) is 0. The number of nitro groups is 1. The number of fused-ring (bicyclic) bond motifs is 1. The van der Waals surface area contributed by atoms with E-state index in [1.165, 1.54) is 36.4 Å². The fourth-order valence-corrected chi connectivity index (χ4v) is 1.92. The number of hydrogen-bond donors (Lipinski definition) is 1. The van der Waals surface area contributed by atoms with Crippen molar-refractivity contribution in [2.45, 2.75) is 0 Å². The Balaban J connectivity index is 2.03. The number of aromatic nitrogens is 2. The number of rotatable bonds is 3. The first-order chi connectivity index (χ1) is 10.6. The van der Waals surface area contributed by atoms with E-state index in [1.54, 1.807) is 0 Å². The van der Waals surface area contributed by atoms with E-state index in [1.807, 2.05) is 6.07 Å². The van der Waals surface area contributed by atoms with E-state index >= 15 is 0 Å². The zero-order chi connectivity index (χ0) is 15.7. The molecule has 108 valence electrons. The van der Waals surface area contributed by atoms with Crippen LogP contribution in [0.3, 0.4) is 0 Å². The standard InChI is InChI=1S/C14H7FN4O3/c15-9-1-3-11-12(6-9)18-14(17-11)8(7-16)5-10-2-4-13(22-10)19(20)21/h1-6H,(H,17,18)/b8-5-. The summed E-state index contributed by atoms with van der Waals surface area (Å²) < 4.78 is 18.1. The van der Waals surface area contributed by atoms with Gasteiger partial charge in [-0.2, -0.15) is 5.26 Å². The summed E-state index contributed by atoms with van der Waals surface area (Å²) in [6, 6.07) is 8.50. The van der Waals surface area contributed by atoms with Crippen LogP contribution in [0.2, 0.25) is 0 Å². The molecule has 0 aliphatic carbocycles. The molecule has 0 atom stereocenters. The Morgan fingerprint density at radius 1 is 1.45 bits per heavy atom. The van der Waals surface area contributed by atoms with Crippen LogP contribution in [0.15, 0.2) is 34.7 Å². The van der Waals surface area contributed by atoms with Gasteiger partial charge in [-0.3, -0.25) is 10.1 Å². The molecule has 0 saturated carbocycles. The third-order valence-corrected chi connectivity index (χ3v) is 2.90. The number of nitrogens with one attached hydrogen (secondary N) is 1. The second-order valence-electron chi connectivity index (χ2n) is 4.35. The number of allylic oxidation sites excluding steroid dienone is 1. The van der Waals surface area contributed by atoms with Crippen molar-refractivity contribution < 1.29 is 13.7 Å². The van der Waals surface area contributed by atoms with Crippen LogP contribution < -0.4 is 0 Å². The van der Waals surface area contributed by atoms with E-state index in [9.17, 15) is 19.8 Å². The van der Waals surface area contributed by atoms with Crippen molar-refractivity contribution >= 4 is 28.6 Å². The first-order valence-corrected chi connectivity index (χ1v) is 6.08. The maximum absolute atomic E-state index is 13.1. The lowest BCUT2D eigenvalue weighted by atomic mass is 10.2. The molecule has 0 radical (unpaired) electrons. The third kappa shape index (κ3) is 2.43. The van der Waals surface area contributed by atoms with Gasteiger partial charge in [-0.15, -0.1) is 0 Å². The molecule has 0 amide bonds. The molecule has 1 N–H and O–H groups in total. The van der Waals surface area contributed by atoms with E-state index in [-0.39, 0.29) is 17.2 Å². The Morgan fingerprint density at radius 2 is 2.27 bits per heavy atom. The van der Waals surface area contributed by atoms with Gasteiger partial charge >= 0.3 is 5.88 Å². The number of imidazole rings is 1. The van der Waals surface area contributed by atoms with Crippen molar-refractivity contribution in [1.82, 2.24) is 9.97 Å². The summed E-state index contributed by atoms with van der Waals surface area (Å²) in [6.07, 6.45) is 1.32. The predicted molar refractivity (Wildman–Crippen MR) is 74.9 cm³/mol. The largest absolute Gasteiger partial charge is 0.433 e. The molecule has 0 aliphatic heterocycles. The molecule has 2 heterocycles. The number of furan rings is 1. The Bertz CT molecular complexity index is 949. The molecule has 0 fully saturated rings. The van der Waals surface area contributed by atoms with Crippen molar-refractivity contribution in [3.05, 3.63) is 57.8 Å². The number of hydrogen-bond acceptors (Lipinski definition) is 5. The molecular weight excluding hydrogens is 291 g/mol. The van der Waals surface area contributed by atoms with Gasteiger partial charge in [0.05, 0.1) is 22.7 Å². The summed E-state index contributed by atoms with van der Waals surface area (Å²) in [7, 11) is 0. The van der Waals surface area contributed by atoms with Crippen molar-refractivity contribution in [3.63, 3.8) is 0 Å². The van der Waals surface area contributed by atoms with Crippen LogP contribution in [-0.2, 0) is 0 Å². The number of halogens is 1. The fourth-order valence-electron chi connectivity index (χ4n) is 1.92. The van der Waals surface area contributed by atoms with Crippen molar-refractivity contribution in [1.29, 1.82) is 5.26 Å². The second-order valence-corrected chi connectivity index (χ2v) is 4.35. The third-order valence-electron chi connectivity index (χ3n) is 2.90. The van der Waals surface area contributed by atoms with Gasteiger partial charge < -0.3 is 9.40 Å². The second kappa shape index (κ2) is 5.14. The van der Waals surface area contributed by atoms with Crippen LogP contribution >= 0.6 is 0 Å². The van der Waals surface area contributed by atoms with E-state index in [2.05, 4.69) is 9.97 Å². The zero-order valence-corrected chi connectivity index (χ0v) is 10.9. The van der Waals surface area contributed by atoms with Crippen molar-refractivity contribution in [2.75, 3.05) is 0 Å². The molecule has 7 nitrogen and oxygen atoms in total. The van der Waals surface area contributed by atoms with Crippen LogP contribution in [0.25, 0.3) is 22.7 Å². The van der Waals surface area contributed by atoms with Gasteiger partial charge in [-0.25, -0.2) is 9.37 Å². The molecule has 8 heteroatoms. The smallest absolute Gasteiger partial charge is 0.401 e. The van der Waals surface area contributed by atoms with Crippen LogP contribution in [0.4, 0.5) is 10.3 Å². The Morgan fingerprint density at radius 3 is 2.95 bits per heavy atom. The maximum Gasteiger partial charge on any atom is 0.433 e. The quantitative estimate of drug-likeness (QED) is 0.453. The summed E-state index contributed by atoms with van der Waals surface area (Å²) >= 11 is 0. The fraction of sp³-hybridized carbons (Fsp3) is 0. The van der Waals surface area contributed by atoms with E-state index in [0.717, 1.165) is 0 Å². The zero-order valence-electron chi connectivity index (χ0n) is 10.9. The molecule has 22 heavy (non-hydrogen) atoms. The van der Waals surface area contributed by atoms with Crippen LogP contribution in [0, 0.1) is 27.3 Å². The first-order valence-electron chi connectivity index (χ1n) is 6.08. The van der Waals surface area contributed by atoms with Crippen molar-refractivity contribution in [3.8, 4) is 6.07 Å². The van der Waals surface area contributed by atoms with E-state index in [4.69, 9.17) is 4.42 Å². The number of nitrogens with zero attached hydrogens (tertiary/aromatic N) is 3. The number of aromatic amines is 1. The van der Waals surface area contributed by atoms with Gasteiger partial charge in [0.1, 0.15) is 28.4 Å². The normalized spacial score (nSPS) is 11.5. The lowest BCUT2D eigenvalue weighted by molar-refractivity contribution is -0.402. The lowest BCUT2D eigenvalue weighted by Gasteiger charge is -1.91. The average molecular weight is 298 g/mol. The van der Waals surface area contributed by atoms with Gasteiger partial charge in [0.25, 0.3) is 0 Å². The Labute approximate surface area is 122 Å². The molecule has 0 bridgehead atoms. The van der Waals surface area contributed by atoms with Gasteiger partial charge in [0.15, 0.2) is 0 Å². The Hall–Kier alpha value is -3.47. The SMILES string of the molecule is N#C/C(=C/c1ccc([N+](=O)[O-])o1)c1nc2ccc(F)cc2[nH]1. The van der Waals surface area contributed by atoms with Gasteiger partial charge in [-0.1, -0.05) is 0 Å². The van der Waals surface area contributed by atoms with Gasteiger partial charge in [0.2, 0.25) is 0 Å². The van der Waals surface area contributed by atoms with Gasteiger partial charge in [-0.05, 0) is 24.3 Å². The molecule has 0 aliphatic rings. The minimum Gasteiger partial charge on any atom is -0.401 e. The number of benzene rings is 1. The molecule has 1 aromatic carbocycles. The molecule has 2 aromatic heterocycles. The summed E-state index contributed by atoms with van der Waals surface area (Å²) in [5, 5.41) is 19.8. The molecular formula is C14H7FN4O3. The number of H-pyrrole nitrogens is 1. The molecule has 0 spiro atoms. The first kappa shape index (κ1) is 13.5.